The standard InChI is InChI=1S/C15H22N2O2.ClH/c1-3-15(18)17-7-6-12-10-16-9-11-4-5-13(19-2)8-14(11)12;/h4-5,8,12,16H,3,6-7,9-10H2,1-2H3,(H,17,18);1H. The highest BCUT2D eigenvalue weighted by molar-refractivity contribution is 5.85. The van der Waals surface area contributed by atoms with E-state index in [1.54, 1.807) is 7.11 Å². The van der Waals surface area contributed by atoms with E-state index >= 15 is 0 Å². The van der Waals surface area contributed by atoms with E-state index in [-0.39, 0.29) is 18.3 Å². The molecular formula is C15H23ClN2O2. The minimum Gasteiger partial charge on any atom is -0.497 e. The van der Waals surface area contributed by atoms with E-state index in [1.807, 2.05) is 13.0 Å². The lowest BCUT2D eigenvalue weighted by molar-refractivity contribution is -0.120. The van der Waals surface area contributed by atoms with Crippen molar-refractivity contribution in [3.8, 4) is 5.75 Å². The van der Waals surface area contributed by atoms with Crippen LogP contribution in [0.25, 0.3) is 0 Å². The van der Waals surface area contributed by atoms with E-state index in [2.05, 4.69) is 22.8 Å². The van der Waals surface area contributed by atoms with Crippen LogP contribution < -0.4 is 15.4 Å². The van der Waals surface area contributed by atoms with Crippen molar-refractivity contribution in [2.75, 3.05) is 20.2 Å². The summed E-state index contributed by atoms with van der Waals surface area (Å²) >= 11 is 0. The third-order valence-electron chi connectivity index (χ3n) is 3.64. The Morgan fingerprint density at radius 1 is 1.50 bits per heavy atom. The predicted octanol–water partition coefficient (Wildman–Crippen LogP) is 2.22. The Labute approximate surface area is 126 Å². The van der Waals surface area contributed by atoms with E-state index in [0.717, 1.165) is 31.8 Å². The second-order valence-corrected chi connectivity index (χ2v) is 4.88. The summed E-state index contributed by atoms with van der Waals surface area (Å²) in [7, 11) is 1.69. The predicted molar refractivity (Wildman–Crippen MR) is 82.6 cm³/mol. The third kappa shape index (κ3) is 4.12. The molecule has 1 unspecified atom stereocenters. The first-order chi connectivity index (χ1) is 9.24. The van der Waals surface area contributed by atoms with Crippen LogP contribution >= 0.6 is 12.4 Å². The number of carbonyl (C=O) groups excluding carboxylic acids is 1. The van der Waals surface area contributed by atoms with Crippen molar-refractivity contribution in [1.29, 1.82) is 0 Å². The van der Waals surface area contributed by atoms with Crippen molar-refractivity contribution in [2.45, 2.75) is 32.2 Å². The molecule has 1 aliphatic heterocycles. The fourth-order valence-corrected chi connectivity index (χ4v) is 2.50. The number of hydrogen-bond donors (Lipinski definition) is 2. The van der Waals surface area contributed by atoms with Crippen LogP contribution in [0.15, 0.2) is 18.2 Å². The number of fused-ring (bicyclic) bond motifs is 1. The summed E-state index contributed by atoms with van der Waals surface area (Å²) in [6.07, 6.45) is 1.51. The number of amides is 1. The SMILES string of the molecule is CCC(=O)NCCC1CNCc2ccc(OC)cc21.Cl. The summed E-state index contributed by atoms with van der Waals surface area (Å²) in [4.78, 5) is 11.3. The van der Waals surface area contributed by atoms with E-state index in [9.17, 15) is 4.79 Å². The molecule has 0 saturated heterocycles. The van der Waals surface area contributed by atoms with Crippen LogP contribution in [-0.2, 0) is 11.3 Å². The molecule has 0 spiro atoms. The van der Waals surface area contributed by atoms with Crippen LogP contribution in [0.1, 0.15) is 36.8 Å². The van der Waals surface area contributed by atoms with Gasteiger partial charge in [0, 0.05) is 26.1 Å². The molecule has 0 bridgehead atoms. The van der Waals surface area contributed by atoms with Gasteiger partial charge in [0.15, 0.2) is 0 Å². The van der Waals surface area contributed by atoms with Crippen LogP contribution in [0.3, 0.4) is 0 Å². The number of carbonyl (C=O) groups is 1. The Morgan fingerprint density at radius 2 is 2.30 bits per heavy atom. The van der Waals surface area contributed by atoms with Crippen LogP contribution in [0.4, 0.5) is 0 Å². The molecule has 5 heteroatoms. The van der Waals surface area contributed by atoms with E-state index in [1.165, 1.54) is 11.1 Å². The molecule has 1 aromatic carbocycles. The number of ether oxygens (including phenoxy) is 1. The highest BCUT2D eigenvalue weighted by Crippen LogP contribution is 2.29. The molecule has 112 valence electrons. The molecule has 1 aliphatic rings. The second-order valence-electron chi connectivity index (χ2n) is 4.88. The highest BCUT2D eigenvalue weighted by atomic mass is 35.5. The largest absolute Gasteiger partial charge is 0.497 e. The molecule has 1 atom stereocenters. The fraction of sp³-hybridized carbons (Fsp3) is 0.533. The Balaban J connectivity index is 0.00000200. The summed E-state index contributed by atoms with van der Waals surface area (Å²) < 4.78 is 5.30. The number of nitrogens with one attached hydrogen (secondary N) is 2. The molecular weight excluding hydrogens is 276 g/mol. The van der Waals surface area contributed by atoms with Crippen LogP contribution in [-0.4, -0.2) is 26.1 Å². The van der Waals surface area contributed by atoms with Gasteiger partial charge in [0.05, 0.1) is 7.11 Å². The van der Waals surface area contributed by atoms with Gasteiger partial charge in [0.1, 0.15) is 5.75 Å². The zero-order valence-electron chi connectivity index (χ0n) is 12.1. The molecule has 2 N–H and O–H groups in total. The number of halogens is 1. The molecule has 0 radical (unpaired) electrons. The molecule has 4 nitrogen and oxygen atoms in total. The summed E-state index contributed by atoms with van der Waals surface area (Å²) in [6, 6.07) is 6.25. The minimum atomic E-state index is 0. The summed E-state index contributed by atoms with van der Waals surface area (Å²) in [5, 5.41) is 6.37. The molecule has 1 aromatic rings. The summed E-state index contributed by atoms with van der Waals surface area (Å²) in [5.41, 5.74) is 2.68. The molecule has 1 amide bonds. The monoisotopic (exact) mass is 298 g/mol. The van der Waals surface area contributed by atoms with Gasteiger partial charge < -0.3 is 15.4 Å². The lowest BCUT2D eigenvalue weighted by Crippen LogP contribution is -2.31. The van der Waals surface area contributed by atoms with E-state index < -0.39 is 0 Å². The Morgan fingerprint density at radius 3 is 3.00 bits per heavy atom. The maximum atomic E-state index is 11.3. The maximum absolute atomic E-state index is 11.3. The Bertz CT molecular complexity index is 451. The fourth-order valence-electron chi connectivity index (χ4n) is 2.50. The van der Waals surface area contributed by atoms with Gasteiger partial charge in [-0.1, -0.05) is 13.0 Å². The summed E-state index contributed by atoms with van der Waals surface area (Å²) in [6.45, 7) is 4.48. The lowest BCUT2D eigenvalue weighted by Gasteiger charge is -2.27. The average Bonchev–Trinajstić information content (AvgIpc) is 2.46. The molecule has 0 aliphatic carbocycles. The van der Waals surface area contributed by atoms with Crippen LogP contribution in [0.2, 0.25) is 0 Å². The van der Waals surface area contributed by atoms with Crippen LogP contribution in [0, 0.1) is 0 Å². The normalized spacial score (nSPS) is 16.8. The highest BCUT2D eigenvalue weighted by Gasteiger charge is 2.20. The first-order valence-corrected chi connectivity index (χ1v) is 6.88. The molecule has 1 heterocycles. The van der Waals surface area contributed by atoms with Crippen molar-refractivity contribution in [1.82, 2.24) is 10.6 Å². The quantitative estimate of drug-likeness (QED) is 0.876. The van der Waals surface area contributed by atoms with Crippen molar-refractivity contribution < 1.29 is 9.53 Å². The molecule has 0 aromatic heterocycles. The van der Waals surface area contributed by atoms with Crippen molar-refractivity contribution in [3.63, 3.8) is 0 Å². The Hall–Kier alpha value is -1.26. The van der Waals surface area contributed by atoms with Gasteiger partial charge in [-0.05, 0) is 35.6 Å². The summed E-state index contributed by atoms with van der Waals surface area (Å²) in [5.74, 6) is 1.47. The zero-order chi connectivity index (χ0) is 13.7. The number of methoxy groups -OCH3 is 1. The number of benzene rings is 1. The van der Waals surface area contributed by atoms with Gasteiger partial charge in [-0.2, -0.15) is 0 Å². The van der Waals surface area contributed by atoms with Gasteiger partial charge >= 0.3 is 0 Å². The average molecular weight is 299 g/mol. The van der Waals surface area contributed by atoms with Gasteiger partial charge in [-0.15, -0.1) is 12.4 Å². The minimum absolute atomic E-state index is 0. The topological polar surface area (TPSA) is 50.4 Å². The number of hydrogen-bond acceptors (Lipinski definition) is 3. The van der Waals surface area contributed by atoms with Gasteiger partial charge in [0.25, 0.3) is 0 Å². The van der Waals surface area contributed by atoms with Crippen molar-refractivity contribution in [2.24, 2.45) is 0 Å². The molecule has 0 saturated carbocycles. The molecule has 0 fully saturated rings. The molecule has 2 rings (SSSR count). The first-order valence-electron chi connectivity index (χ1n) is 6.88. The van der Waals surface area contributed by atoms with Crippen molar-refractivity contribution in [3.05, 3.63) is 29.3 Å². The zero-order valence-corrected chi connectivity index (χ0v) is 12.9. The van der Waals surface area contributed by atoms with Gasteiger partial charge in [0.2, 0.25) is 5.91 Å². The van der Waals surface area contributed by atoms with E-state index in [0.29, 0.717) is 12.3 Å². The first kappa shape index (κ1) is 16.8. The smallest absolute Gasteiger partial charge is 0.219 e. The second kappa shape index (κ2) is 8.12. The molecule has 20 heavy (non-hydrogen) atoms. The van der Waals surface area contributed by atoms with Gasteiger partial charge in [-0.3, -0.25) is 4.79 Å². The van der Waals surface area contributed by atoms with E-state index in [4.69, 9.17) is 4.74 Å². The Kier molecular flexibility index (Phi) is 6.82. The van der Waals surface area contributed by atoms with Crippen molar-refractivity contribution >= 4 is 18.3 Å². The van der Waals surface area contributed by atoms with Crippen LogP contribution in [0.5, 0.6) is 5.75 Å². The maximum Gasteiger partial charge on any atom is 0.219 e. The lowest BCUT2D eigenvalue weighted by atomic mass is 9.88. The third-order valence-corrected chi connectivity index (χ3v) is 3.64. The van der Waals surface area contributed by atoms with Gasteiger partial charge in [-0.25, -0.2) is 0 Å². The number of rotatable bonds is 5.